The highest BCUT2D eigenvalue weighted by atomic mass is 32.1. The highest BCUT2D eigenvalue weighted by Crippen LogP contribution is 2.20. The monoisotopic (exact) mass is 784 g/mol. The van der Waals surface area contributed by atoms with Crippen LogP contribution in [0, 0.1) is 0 Å². The molecule has 9 N–H and O–H groups in total. The van der Waals surface area contributed by atoms with Gasteiger partial charge in [0.2, 0.25) is 17.7 Å². The number of aromatic nitrogens is 3. The van der Waals surface area contributed by atoms with E-state index in [0.717, 1.165) is 38.5 Å². The van der Waals surface area contributed by atoms with E-state index in [-0.39, 0.29) is 51.0 Å². The first-order chi connectivity index (χ1) is 27.2. The summed E-state index contributed by atoms with van der Waals surface area (Å²) in [7, 11) is 0. The number of pyridine rings is 1. The highest BCUT2D eigenvalue weighted by Gasteiger charge is 2.29. The van der Waals surface area contributed by atoms with E-state index in [4.69, 9.17) is 5.73 Å². The number of fused-ring (bicyclic) bond motifs is 2. The van der Waals surface area contributed by atoms with Crippen LogP contribution in [0.25, 0.3) is 21.8 Å². The van der Waals surface area contributed by atoms with Crippen LogP contribution >= 0.6 is 12.6 Å². The number of nitrogens with one attached hydrogen (secondary N) is 6. The van der Waals surface area contributed by atoms with E-state index >= 15 is 0 Å². The second-order valence-electron chi connectivity index (χ2n) is 13.5. The van der Waals surface area contributed by atoms with Gasteiger partial charge in [0, 0.05) is 85.1 Å². The summed E-state index contributed by atoms with van der Waals surface area (Å²) in [6, 6.07) is 17.9. The van der Waals surface area contributed by atoms with E-state index in [2.05, 4.69) is 48.8 Å². The van der Waals surface area contributed by atoms with Crippen molar-refractivity contribution in [3.05, 3.63) is 102 Å². The Morgan fingerprint density at radius 3 is 2.14 bits per heavy atom. The summed E-state index contributed by atoms with van der Waals surface area (Å²) < 4.78 is 0. The number of rotatable bonds is 23. The molecule has 0 saturated heterocycles. The van der Waals surface area contributed by atoms with Gasteiger partial charge in [0.1, 0.15) is 6.23 Å². The lowest BCUT2D eigenvalue weighted by molar-refractivity contribution is -0.139. The van der Waals surface area contributed by atoms with Gasteiger partial charge in [-0.2, -0.15) is 12.6 Å². The topological polar surface area (TPSA) is 214 Å². The maximum absolute atomic E-state index is 14.4. The molecule has 0 saturated carbocycles. The van der Waals surface area contributed by atoms with E-state index < -0.39 is 24.2 Å². The number of para-hydroxylation sites is 2. The quantitative estimate of drug-likeness (QED) is 0.0271. The number of aromatic amines is 2. The predicted molar refractivity (Wildman–Crippen MR) is 220 cm³/mol. The Morgan fingerprint density at radius 1 is 0.857 bits per heavy atom. The zero-order chi connectivity index (χ0) is 39.7. The molecule has 2 unspecified atom stereocenters. The summed E-state index contributed by atoms with van der Waals surface area (Å²) in [5.74, 6) is -0.538. The van der Waals surface area contributed by atoms with Crippen LogP contribution in [0.1, 0.15) is 29.5 Å². The lowest BCUT2D eigenvalue weighted by Crippen LogP contribution is -2.55. The maximum Gasteiger partial charge on any atom is 0.312 e. The smallest absolute Gasteiger partial charge is 0.312 e. The van der Waals surface area contributed by atoms with Crippen molar-refractivity contribution in [1.29, 1.82) is 0 Å². The third-order valence-corrected chi connectivity index (χ3v) is 9.69. The van der Waals surface area contributed by atoms with Gasteiger partial charge in [-0.15, -0.1) is 0 Å². The second-order valence-corrected chi connectivity index (χ2v) is 14.0. The van der Waals surface area contributed by atoms with Crippen LogP contribution in [-0.2, 0) is 33.8 Å². The number of primary amides is 1. The SMILES string of the molecule is NC(=O)NCCCC(NC(O)CN(CCc1c[nH]c2ccccc12)C(=O)CNCc1cccnc1)C(=O)N(CCc1c[nH]c2ccccc12)CC(=O)NCCS. The molecule has 0 spiro atoms. The molecule has 5 aromatic rings. The van der Waals surface area contributed by atoms with E-state index in [1.54, 1.807) is 17.3 Å². The molecule has 0 bridgehead atoms. The highest BCUT2D eigenvalue weighted by molar-refractivity contribution is 7.80. The average molecular weight is 785 g/mol. The Kier molecular flexibility index (Phi) is 16.1. The number of H-pyrrole nitrogens is 2. The first kappa shape index (κ1) is 41.7. The van der Waals surface area contributed by atoms with Crippen LogP contribution in [0.4, 0.5) is 4.79 Å². The van der Waals surface area contributed by atoms with Gasteiger partial charge < -0.3 is 46.6 Å². The standard InChI is InChI=1S/C40H52N10O5S/c41-40(55)45-16-6-12-35(39(54)50(26-36(51)44-17-20-56)19-14-30-24-47-34-11-4-2-9-32(30)34)48-37(52)27-49(38(53)25-43-22-28-7-5-15-42-21-28)18-13-29-23-46-33-10-3-1-8-31(29)33/h1-5,7-11,15,21,23-24,35,37,43,46-48,52,56H,6,12-14,16-20,22,25-27H2,(H,44,51)(H3,41,45,55). The molecule has 15 nitrogen and oxygen atoms in total. The van der Waals surface area contributed by atoms with Crippen LogP contribution < -0.4 is 27.0 Å². The molecule has 2 aromatic carbocycles. The van der Waals surface area contributed by atoms with Crippen LogP contribution in [0.15, 0.2) is 85.5 Å². The van der Waals surface area contributed by atoms with Gasteiger partial charge in [-0.25, -0.2) is 4.79 Å². The van der Waals surface area contributed by atoms with Gasteiger partial charge in [-0.3, -0.25) is 24.7 Å². The fourth-order valence-electron chi connectivity index (χ4n) is 6.64. The van der Waals surface area contributed by atoms with Crippen molar-refractivity contribution in [2.24, 2.45) is 5.73 Å². The minimum Gasteiger partial charge on any atom is -0.377 e. The largest absolute Gasteiger partial charge is 0.377 e. The number of carbonyl (C=O) groups excluding carboxylic acids is 4. The van der Waals surface area contributed by atoms with Crippen molar-refractivity contribution < 1.29 is 24.3 Å². The molecule has 56 heavy (non-hydrogen) atoms. The molecule has 0 aliphatic carbocycles. The van der Waals surface area contributed by atoms with Crippen LogP contribution in [0.5, 0.6) is 0 Å². The third-order valence-electron chi connectivity index (χ3n) is 9.47. The average Bonchev–Trinajstić information content (AvgIpc) is 3.82. The summed E-state index contributed by atoms with van der Waals surface area (Å²) in [4.78, 5) is 66.2. The number of nitrogens with zero attached hydrogens (tertiary/aromatic N) is 3. The van der Waals surface area contributed by atoms with Crippen LogP contribution in [-0.4, -0.2) is 117 Å². The zero-order valence-electron chi connectivity index (χ0n) is 31.4. The van der Waals surface area contributed by atoms with Gasteiger partial charge >= 0.3 is 6.03 Å². The summed E-state index contributed by atoms with van der Waals surface area (Å²) in [5, 5.41) is 25.2. The normalized spacial score (nSPS) is 12.3. The number of hydrogen-bond acceptors (Lipinski definition) is 9. The lowest BCUT2D eigenvalue weighted by Gasteiger charge is -2.31. The molecule has 0 fully saturated rings. The lowest BCUT2D eigenvalue weighted by atomic mass is 10.1. The maximum atomic E-state index is 14.4. The number of thiol groups is 1. The Bertz CT molecular complexity index is 2020. The molecule has 3 heterocycles. The van der Waals surface area contributed by atoms with Gasteiger partial charge in [0.25, 0.3) is 0 Å². The molecule has 0 radical (unpaired) electrons. The Morgan fingerprint density at radius 2 is 1.52 bits per heavy atom. The Labute approximate surface area is 331 Å². The van der Waals surface area contributed by atoms with E-state index in [1.165, 1.54) is 4.90 Å². The van der Waals surface area contributed by atoms with Gasteiger partial charge in [-0.1, -0.05) is 42.5 Å². The third kappa shape index (κ3) is 12.6. The van der Waals surface area contributed by atoms with Crippen LogP contribution in [0.3, 0.4) is 0 Å². The van der Waals surface area contributed by atoms with E-state index in [0.29, 0.717) is 44.6 Å². The van der Waals surface area contributed by atoms with Crippen molar-refractivity contribution in [3.8, 4) is 0 Å². The van der Waals surface area contributed by atoms with E-state index in [1.807, 2.05) is 73.1 Å². The summed E-state index contributed by atoms with van der Waals surface area (Å²) in [6.07, 6.45) is 7.47. The molecule has 298 valence electrons. The number of aliphatic hydroxyl groups is 1. The first-order valence-electron chi connectivity index (χ1n) is 18.8. The summed E-state index contributed by atoms with van der Waals surface area (Å²) in [5.41, 5.74) is 10.2. The summed E-state index contributed by atoms with van der Waals surface area (Å²) >= 11 is 4.19. The number of benzene rings is 2. The minimum atomic E-state index is -1.31. The van der Waals surface area contributed by atoms with Crippen molar-refractivity contribution in [2.75, 3.05) is 51.6 Å². The molecule has 0 aliphatic rings. The second kappa shape index (κ2) is 21.6. The number of carbonyl (C=O) groups is 4. The van der Waals surface area contributed by atoms with Crippen molar-refractivity contribution in [2.45, 2.75) is 44.5 Å². The predicted octanol–water partition coefficient (Wildman–Crippen LogP) is 2.05. The molecular weight excluding hydrogens is 733 g/mol. The molecule has 0 aliphatic heterocycles. The van der Waals surface area contributed by atoms with Crippen molar-refractivity contribution in [1.82, 2.24) is 46.0 Å². The Hall–Kier alpha value is -5.42. The molecule has 16 heteroatoms. The van der Waals surface area contributed by atoms with Crippen molar-refractivity contribution >= 4 is 58.2 Å². The zero-order valence-corrected chi connectivity index (χ0v) is 32.3. The van der Waals surface area contributed by atoms with Crippen molar-refractivity contribution in [3.63, 3.8) is 0 Å². The minimum absolute atomic E-state index is 0.0135. The molecular formula is C40H52N10O5S. The fourth-order valence-corrected chi connectivity index (χ4v) is 6.75. The fraction of sp³-hybridized carbons (Fsp3) is 0.375. The number of urea groups is 1. The number of aliphatic hydroxyl groups excluding tert-OH is 1. The Balaban J connectivity index is 1.32. The number of amides is 5. The molecule has 3 aromatic heterocycles. The molecule has 5 amide bonds. The first-order valence-corrected chi connectivity index (χ1v) is 19.5. The van der Waals surface area contributed by atoms with Gasteiger partial charge in [0.15, 0.2) is 0 Å². The van der Waals surface area contributed by atoms with Gasteiger partial charge in [-0.05, 0) is 60.6 Å². The van der Waals surface area contributed by atoms with Crippen LogP contribution in [0.2, 0.25) is 0 Å². The van der Waals surface area contributed by atoms with Gasteiger partial charge in [0.05, 0.1) is 25.7 Å². The number of nitrogens with two attached hydrogens (primary N) is 1. The van der Waals surface area contributed by atoms with E-state index in [9.17, 15) is 24.3 Å². The number of hydrogen-bond donors (Lipinski definition) is 9. The molecule has 5 rings (SSSR count). The molecule has 2 atom stereocenters. The summed E-state index contributed by atoms with van der Waals surface area (Å²) in [6.45, 7) is 1.19.